The summed E-state index contributed by atoms with van der Waals surface area (Å²) in [6, 6.07) is 2.19. The first-order chi connectivity index (χ1) is 7.84. The molecule has 0 saturated carbocycles. The van der Waals surface area contributed by atoms with Crippen LogP contribution in [-0.4, -0.2) is 50.8 Å². The van der Waals surface area contributed by atoms with Gasteiger partial charge in [-0.15, -0.1) is 0 Å². The highest BCUT2D eigenvalue weighted by molar-refractivity contribution is 7.07. The van der Waals surface area contributed by atoms with Crippen molar-refractivity contribution in [2.45, 2.75) is 12.5 Å². The molecule has 1 saturated heterocycles. The fourth-order valence-corrected chi connectivity index (χ4v) is 2.62. The van der Waals surface area contributed by atoms with Crippen LogP contribution in [0.3, 0.4) is 0 Å². The maximum atomic E-state index is 5.68. The second-order valence-electron chi connectivity index (χ2n) is 4.34. The van der Waals surface area contributed by atoms with Gasteiger partial charge in [0.15, 0.2) is 0 Å². The van der Waals surface area contributed by atoms with Gasteiger partial charge in [-0.3, -0.25) is 0 Å². The smallest absolute Gasteiger partial charge is 0.0826 e. The maximum absolute atomic E-state index is 5.68. The van der Waals surface area contributed by atoms with E-state index < -0.39 is 0 Å². The molecule has 3 nitrogen and oxygen atoms in total. The van der Waals surface area contributed by atoms with Crippen LogP contribution >= 0.6 is 11.3 Å². The number of nitrogens with one attached hydrogen (secondary N) is 1. The number of likely N-dealkylation sites (N-methyl/N-ethyl adjacent to an activating group) is 1. The number of morpholine rings is 1. The minimum absolute atomic E-state index is 0.362. The number of hydrogen-bond donors (Lipinski definition) is 1. The van der Waals surface area contributed by atoms with Crippen LogP contribution in [-0.2, 0) is 11.2 Å². The average Bonchev–Trinajstić information content (AvgIpc) is 2.77. The predicted molar refractivity (Wildman–Crippen MR) is 68.1 cm³/mol. The molecule has 1 aliphatic rings. The number of nitrogens with zero attached hydrogens (tertiary/aromatic N) is 1. The standard InChI is InChI=1S/C12H20N2OS/c1-14-5-6-15-12(9-14)8-13-4-2-11-3-7-16-10-11/h3,7,10,12-13H,2,4-6,8-9H2,1H3. The number of hydrogen-bond acceptors (Lipinski definition) is 4. The van der Waals surface area contributed by atoms with Gasteiger partial charge in [-0.1, -0.05) is 0 Å². The fraction of sp³-hybridized carbons (Fsp3) is 0.667. The highest BCUT2D eigenvalue weighted by Crippen LogP contribution is 2.06. The summed E-state index contributed by atoms with van der Waals surface area (Å²) in [7, 11) is 2.15. The number of ether oxygens (including phenoxy) is 1. The highest BCUT2D eigenvalue weighted by atomic mass is 32.1. The normalized spacial score (nSPS) is 22.4. The molecule has 1 fully saturated rings. The van der Waals surface area contributed by atoms with Gasteiger partial charge < -0.3 is 15.0 Å². The number of rotatable bonds is 5. The molecular formula is C12H20N2OS. The zero-order valence-corrected chi connectivity index (χ0v) is 10.6. The minimum Gasteiger partial charge on any atom is -0.374 e. The molecule has 0 aromatic carbocycles. The molecular weight excluding hydrogens is 220 g/mol. The van der Waals surface area contributed by atoms with Crippen LogP contribution in [0.5, 0.6) is 0 Å². The molecule has 0 amide bonds. The summed E-state index contributed by atoms with van der Waals surface area (Å²) in [5, 5.41) is 7.82. The van der Waals surface area contributed by atoms with Crippen molar-refractivity contribution in [3.05, 3.63) is 22.4 Å². The Labute approximate surface area is 101 Å². The van der Waals surface area contributed by atoms with Gasteiger partial charge in [0.05, 0.1) is 12.7 Å². The van der Waals surface area contributed by atoms with E-state index in [0.717, 1.165) is 39.2 Å². The summed E-state index contributed by atoms with van der Waals surface area (Å²) in [5.41, 5.74) is 1.43. The Morgan fingerprint density at radius 1 is 1.62 bits per heavy atom. The SMILES string of the molecule is CN1CCOC(CNCCc2ccsc2)C1. The largest absolute Gasteiger partial charge is 0.374 e. The van der Waals surface area contributed by atoms with Crippen LogP contribution in [0.4, 0.5) is 0 Å². The van der Waals surface area contributed by atoms with Crippen molar-refractivity contribution in [3.63, 3.8) is 0 Å². The van der Waals surface area contributed by atoms with Crippen LogP contribution in [0.25, 0.3) is 0 Å². The quantitative estimate of drug-likeness (QED) is 0.783. The van der Waals surface area contributed by atoms with Crippen LogP contribution in [0, 0.1) is 0 Å². The van der Waals surface area contributed by atoms with Crippen LogP contribution in [0.15, 0.2) is 16.8 Å². The molecule has 2 rings (SSSR count). The molecule has 1 N–H and O–H groups in total. The van der Waals surface area contributed by atoms with Crippen LogP contribution in [0.1, 0.15) is 5.56 Å². The van der Waals surface area contributed by atoms with Crippen molar-refractivity contribution in [3.8, 4) is 0 Å². The van der Waals surface area contributed by atoms with Gasteiger partial charge in [0.1, 0.15) is 0 Å². The Bertz CT molecular complexity index is 289. The van der Waals surface area contributed by atoms with Gasteiger partial charge in [0.25, 0.3) is 0 Å². The Balaban J connectivity index is 1.57. The van der Waals surface area contributed by atoms with Crippen LogP contribution in [0.2, 0.25) is 0 Å². The Kier molecular flexibility index (Phi) is 4.78. The van der Waals surface area contributed by atoms with Crippen LogP contribution < -0.4 is 5.32 Å². The van der Waals surface area contributed by atoms with Gasteiger partial charge in [-0.25, -0.2) is 0 Å². The lowest BCUT2D eigenvalue weighted by molar-refractivity contribution is -0.0179. The summed E-state index contributed by atoms with van der Waals surface area (Å²) in [6.45, 7) is 4.99. The molecule has 0 bridgehead atoms. The van der Waals surface area contributed by atoms with E-state index in [1.54, 1.807) is 11.3 Å². The minimum atomic E-state index is 0.362. The van der Waals surface area contributed by atoms with Gasteiger partial charge in [0.2, 0.25) is 0 Å². The Hall–Kier alpha value is -0.420. The highest BCUT2D eigenvalue weighted by Gasteiger charge is 2.16. The van der Waals surface area contributed by atoms with Gasteiger partial charge in [0, 0.05) is 19.6 Å². The third kappa shape index (κ3) is 3.87. The van der Waals surface area contributed by atoms with E-state index in [4.69, 9.17) is 4.74 Å². The van der Waals surface area contributed by atoms with Crippen molar-refractivity contribution >= 4 is 11.3 Å². The molecule has 0 aliphatic carbocycles. The first kappa shape index (κ1) is 12.0. The van der Waals surface area contributed by atoms with Crippen molar-refractivity contribution in [2.75, 3.05) is 39.8 Å². The van der Waals surface area contributed by atoms with E-state index in [-0.39, 0.29) is 0 Å². The summed E-state index contributed by atoms with van der Waals surface area (Å²) in [5.74, 6) is 0. The molecule has 1 aromatic rings. The lowest BCUT2D eigenvalue weighted by atomic mass is 10.2. The monoisotopic (exact) mass is 240 g/mol. The summed E-state index contributed by atoms with van der Waals surface area (Å²) in [4.78, 5) is 2.33. The zero-order valence-electron chi connectivity index (χ0n) is 9.82. The first-order valence-electron chi connectivity index (χ1n) is 5.86. The molecule has 1 aromatic heterocycles. The molecule has 16 heavy (non-hydrogen) atoms. The molecule has 1 unspecified atom stereocenters. The molecule has 4 heteroatoms. The molecule has 1 atom stereocenters. The van der Waals surface area contributed by atoms with E-state index in [2.05, 4.69) is 34.1 Å². The molecule has 0 spiro atoms. The summed E-state index contributed by atoms with van der Waals surface area (Å²) >= 11 is 1.77. The van der Waals surface area contributed by atoms with E-state index in [1.165, 1.54) is 5.56 Å². The van der Waals surface area contributed by atoms with E-state index in [9.17, 15) is 0 Å². The first-order valence-corrected chi connectivity index (χ1v) is 6.81. The predicted octanol–water partition coefficient (Wildman–Crippen LogP) is 1.21. The zero-order chi connectivity index (χ0) is 11.2. The molecule has 1 aliphatic heterocycles. The van der Waals surface area contributed by atoms with E-state index >= 15 is 0 Å². The van der Waals surface area contributed by atoms with Crippen molar-refractivity contribution in [2.24, 2.45) is 0 Å². The second-order valence-corrected chi connectivity index (χ2v) is 5.12. The van der Waals surface area contributed by atoms with Gasteiger partial charge >= 0.3 is 0 Å². The third-order valence-corrected chi connectivity index (χ3v) is 3.62. The fourth-order valence-electron chi connectivity index (χ4n) is 1.92. The third-order valence-electron chi connectivity index (χ3n) is 2.88. The molecule has 2 heterocycles. The van der Waals surface area contributed by atoms with Gasteiger partial charge in [-0.2, -0.15) is 11.3 Å². The second kappa shape index (κ2) is 6.35. The average molecular weight is 240 g/mol. The summed E-state index contributed by atoms with van der Waals surface area (Å²) < 4.78 is 5.68. The Morgan fingerprint density at radius 2 is 2.56 bits per heavy atom. The number of thiophene rings is 1. The lowest BCUT2D eigenvalue weighted by Gasteiger charge is -2.30. The van der Waals surface area contributed by atoms with Crippen molar-refractivity contribution in [1.82, 2.24) is 10.2 Å². The van der Waals surface area contributed by atoms with Gasteiger partial charge in [-0.05, 0) is 42.4 Å². The van der Waals surface area contributed by atoms with E-state index in [0.29, 0.717) is 6.10 Å². The summed E-state index contributed by atoms with van der Waals surface area (Å²) in [6.07, 6.45) is 1.48. The van der Waals surface area contributed by atoms with E-state index in [1.807, 2.05) is 0 Å². The lowest BCUT2D eigenvalue weighted by Crippen LogP contribution is -2.45. The topological polar surface area (TPSA) is 24.5 Å². The molecule has 0 radical (unpaired) electrons. The van der Waals surface area contributed by atoms with Crippen molar-refractivity contribution in [1.29, 1.82) is 0 Å². The molecule has 90 valence electrons. The maximum Gasteiger partial charge on any atom is 0.0826 e. The Morgan fingerprint density at radius 3 is 3.31 bits per heavy atom. The van der Waals surface area contributed by atoms with Crippen molar-refractivity contribution < 1.29 is 4.74 Å².